The molecule has 3 aromatic rings. The molecular weight excluding hydrogens is 228 g/mol. The second-order valence-corrected chi connectivity index (χ2v) is 3.18. The molecule has 1 aromatic carbocycles. The van der Waals surface area contributed by atoms with Gasteiger partial charge in [0.05, 0.1) is 0 Å². The van der Waals surface area contributed by atoms with Crippen LogP contribution in [0.4, 0.5) is 12.0 Å². The molecule has 0 atom stereocenters. The van der Waals surface area contributed by atoms with Gasteiger partial charge in [0, 0.05) is 12.4 Å². The molecule has 3 rings (SSSR count). The standard InChI is InChI=1S/C11H8N4O.C2H6/c1-2-5-9-8(4-1)14-11(16-9)15-10-12-6-3-7-13-10;1-2/h1-7H,(H,12,13,14,15);1-2H3. The van der Waals surface area contributed by atoms with Crippen molar-refractivity contribution in [3.63, 3.8) is 0 Å². The fraction of sp³-hybridized carbons (Fsp3) is 0.154. The number of anilines is 2. The molecule has 0 bridgehead atoms. The van der Waals surface area contributed by atoms with E-state index in [0.717, 1.165) is 11.1 Å². The van der Waals surface area contributed by atoms with Gasteiger partial charge in [0.2, 0.25) is 5.95 Å². The van der Waals surface area contributed by atoms with Gasteiger partial charge >= 0.3 is 6.01 Å². The normalized spacial score (nSPS) is 9.67. The van der Waals surface area contributed by atoms with Crippen LogP contribution in [0.15, 0.2) is 47.1 Å². The van der Waals surface area contributed by atoms with Crippen LogP contribution in [0, 0.1) is 0 Å². The van der Waals surface area contributed by atoms with Crippen LogP contribution >= 0.6 is 0 Å². The molecule has 0 saturated heterocycles. The highest BCUT2D eigenvalue weighted by molar-refractivity contribution is 5.74. The van der Waals surface area contributed by atoms with E-state index >= 15 is 0 Å². The number of fused-ring (bicyclic) bond motifs is 1. The first-order valence-corrected chi connectivity index (χ1v) is 5.81. The molecule has 0 spiro atoms. The summed E-state index contributed by atoms with van der Waals surface area (Å²) in [6, 6.07) is 9.70. The Balaban J connectivity index is 0.000000574. The van der Waals surface area contributed by atoms with E-state index in [0.29, 0.717) is 12.0 Å². The summed E-state index contributed by atoms with van der Waals surface area (Å²) in [6.07, 6.45) is 3.30. The Labute approximate surface area is 105 Å². The summed E-state index contributed by atoms with van der Waals surface area (Å²) in [6.45, 7) is 4.00. The van der Waals surface area contributed by atoms with Crippen molar-refractivity contribution in [1.29, 1.82) is 0 Å². The van der Waals surface area contributed by atoms with Gasteiger partial charge in [-0.15, -0.1) is 0 Å². The first-order chi connectivity index (χ1) is 8.92. The largest absolute Gasteiger partial charge is 0.423 e. The van der Waals surface area contributed by atoms with Crippen molar-refractivity contribution in [2.75, 3.05) is 5.32 Å². The van der Waals surface area contributed by atoms with Gasteiger partial charge < -0.3 is 4.42 Å². The number of hydrogen-bond donors (Lipinski definition) is 1. The van der Waals surface area contributed by atoms with E-state index in [1.54, 1.807) is 18.5 Å². The van der Waals surface area contributed by atoms with E-state index in [2.05, 4.69) is 20.3 Å². The number of para-hydroxylation sites is 2. The quantitative estimate of drug-likeness (QED) is 0.746. The highest BCUT2D eigenvalue weighted by atomic mass is 16.4. The molecule has 0 fully saturated rings. The zero-order valence-corrected chi connectivity index (χ0v) is 10.3. The summed E-state index contributed by atoms with van der Waals surface area (Å²) in [7, 11) is 0. The average Bonchev–Trinajstić information content (AvgIpc) is 2.84. The fourth-order valence-electron chi connectivity index (χ4n) is 1.38. The summed E-state index contributed by atoms with van der Waals surface area (Å²) in [5.41, 5.74) is 1.54. The van der Waals surface area contributed by atoms with Gasteiger partial charge in [0.25, 0.3) is 0 Å². The molecule has 0 amide bonds. The number of hydrogen-bond acceptors (Lipinski definition) is 5. The molecular formula is C13H14N4O. The van der Waals surface area contributed by atoms with Crippen LogP contribution in [-0.4, -0.2) is 15.0 Å². The van der Waals surface area contributed by atoms with Crippen molar-refractivity contribution in [2.45, 2.75) is 13.8 Å². The van der Waals surface area contributed by atoms with Crippen LogP contribution in [0.25, 0.3) is 11.1 Å². The van der Waals surface area contributed by atoms with E-state index in [1.807, 2.05) is 38.1 Å². The lowest BCUT2D eigenvalue weighted by Gasteiger charge is -1.96. The highest BCUT2D eigenvalue weighted by Crippen LogP contribution is 2.19. The third-order valence-corrected chi connectivity index (χ3v) is 2.08. The molecule has 0 aliphatic rings. The molecule has 1 N–H and O–H groups in total. The van der Waals surface area contributed by atoms with Crippen LogP contribution < -0.4 is 5.32 Å². The van der Waals surface area contributed by atoms with Crippen LogP contribution in [0.2, 0.25) is 0 Å². The Bertz CT molecular complexity index is 573. The highest BCUT2D eigenvalue weighted by Gasteiger charge is 2.05. The Morgan fingerprint density at radius 1 is 1.00 bits per heavy atom. The molecule has 2 aromatic heterocycles. The van der Waals surface area contributed by atoms with Gasteiger partial charge in [-0.05, 0) is 18.2 Å². The van der Waals surface area contributed by atoms with Crippen molar-refractivity contribution >= 4 is 23.1 Å². The minimum absolute atomic E-state index is 0.396. The number of aromatic nitrogens is 3. The first-order valence-electron chi connectivity index (χ1n) is 5.81. The molecule has 0 radical (unpaired) electrons. The Kier molecular flexibility index (Phi) is 3.86. The van der Waals surface area contributed by atoms with Crippen LogP contribution in [0.3, 0.4) is 0 Å². The van der Waals surface area contributed by atoms with Crippen molar-refractivity contribution in [3.8, 4) is 0 Å². The van der Waals surface area contributed by atoms with Crippen LogP contribution in [0.5, 0.6) is 0 Å². The van der Waals surface area contributed by atoms with Gasteiger partial charge in [0.1, 0.15) is 5.52 Å². The Hall–Kier alpha value is -2.43. The molecule has 0 unspecified atom stereocenters. The van der Waals surface area contributed by atoms with E-state index in [1.165, 1.54) is 0 Å². The minimum Gasteiger partial charge on any atom is -0.423 e. The van der Waals surface area contributed by atoms with Crippen molar-refractivity contribution in [1.82, 2.24) is 15.0 Å². The zero-order chi connectivity index (χ0) is 12.8. The molecule has 0 aliphatic carbocycles. The maximum absolute atomic E-state index is 5.47. The Morgan fingerprint density at radius 3 is 2.44 bits per heavy atom. The number of nitrogens with one attached hydrogen (secondary N) is 1. The summed E-state index contributed by atoms with van der Waals surface area (Å²) in [5, 5.41) is 2.89. The third-order valence-electron chi connectivity index (χ3n) is 2.08. The van der Waals surface area contributed by atoms with Crippen LogP contribution in [-0.2, 0) is 0 Å². The van der Waals surface area contributed by atoms with Gasteiger partial charge in [-0.3, -0.25) is 5.32 Å². The summed E-state index contributed by atoms with van der Waals surface area (Å²) >= 11 is 0. The van der Waals surface area contributed by atoms with Gasteiger partial charge in [-0.2, -0.15) is 4.98 Å². The predicted molar refractivity (Wildman–Crippen MR) is 70.7 cm³/mol. The molecule has 0 aliphatic heterocycles. The maximum Gasteiger partial charge on any atom is 0.302 e. The average molecular weight is 242 g/mol. The summed E-state index contributed by atoms with van der Waals surface area (Å²) in [4.78, 5) is 12.3. The molecule has 92 valence electrons. The molecule has 2 heterocycles. The third kappa shape index (κ3) is 2.63. The molecule has 18 heavy (non-hydrogen) atoms. The monoisotopic (exact) mass is 242 g/mol. The second kappa shape index (κ2) is 5.77. The van der Waals surface area contributed by atoms with E-state index in [-0.39, 0.29) is 0 Å². The summed E-state index contributed by atoms with van der Waals surface area (Å²) in [5.74, 6) is 0.467. The maximum atomic E-state index is 5.47. The van der Waals surface area contributed by atoms with Gasteiger partial charge in [0.15, 0.2) is 5.58 Å². The van der Waals surface area contributed by atoms with Crippen LogP contribution in [0.1, 0.15) is 13.8 Å². The lowest BCUT2D eigenvalue weighted by molar-refractivity contribution is 0.621. The van der Waals surface area contributed by atoms with Gasteiger partial charge in [-0.1, -0.05) is 26.0 Å². The fourth-order valence-corrected chi connectivity index (χ4v) is 1.38. The van der Waals surface area contributed by atoms with Crippen molar-refractivity contribution in [2.24, 2.45) is 0 Å². The van der Waals surface area contributed by atoms with Crippen molar-refractivity contribution in [3.05, 3.63) is 42.7 Å². The lowest BCUT2D eigenvalue weighted by atomic mass is 10.3. The SMILES string of the molecule is CC.c1cnc(Nc2nc3ccccc3o2)nc1. The minimum atomic E-state index is 0.396. The van der Waals surface area contributed by atoms with E-state index in [4.69, 9.17) is 4.42 Å². The number of rotatable bonds is 2. The van der Waals surface area contributed by atoms with E-state index < -0.39 is 0 Å². The molecule has 0 saturated carbocycles. The zero-order valence-electron chi connectivity index (χ0n) is 10.3. The predicted octanol–water partition coefficient (Wildman–Crippen LogP) is 3.39. The van der Waals surface area contributed by atoms with Gasteiger partial charge in [-0.25, -0.2) is 9.97 Å². The lowest BCUT2D eigenvalue weighted by Crippen LogP contribution is -1.95. The number of oxazole rings is 1. The van der Waals surface area contributed by atoms with Crippen molar-refractivity contribution < 1.29 is 4.42 Å². The van der Waals surface area contributed by atoms with E-state index in [9.17, 15) is 0 Å². The molecule has 5 nitrogen and oxygen atoms in total. The smallest absolute Gasteiger partial charge is 0.302 e. The summed E-state index contributed by atoms with van der Waals surface area (Å²) < 4.78 is 5.47. The Morgan fingerprint density at radius 2 is 1.72 bits per heavy atom. The number of benzene rings is 1. The topological polar surface area (TPSA) is 63.8 Å². The second-order valence-electron chi connectivity index (χ2n) is 3.18. The molecule has 5 heteroatoms. The number of nitrogens with zero attached hydrogens (tertiary/aromatic N) is 3. The first kappa shape index (κ1) is 12.0.